The molecule has 1 rings (SSSR count). The number of hydrogen-bond donors (Lipinski definition) is 1. The minimum atomic E-state index is -3.03. The molecule has 3 nitrogen and oxygen atoms in total. The summed E-state index contributed by atoms with van der Waals surface area (Å²) in [5.41, 5.74) is 8.00. The van der Waals surface area contributed by atoms with Crippen LogP contribution >= 0.6 is 0 Å². The zero-order valence-electron chi connectivity index (χ0n) is 10.7. The van der Waals surface area contributed by atoms with Crippen molar-refractivity contribution < 1.29 is 8.42 Å². The predicted octanol–water partition coefficient (Wildman–Crippen LogP) is 2.24. The molecule has 0 saturated carbocycles. The smallest absolute Gasteiger partial charge is 0.149 e. The largest absolute Gasteiger partial charge is 0.323 e. The first-order valence-corrected chi connectivity index (χ1v) is 7.92. The fourth-order valence-electron chi connectivity index (χ4n) is 1.73. The Kier molecular flexibility index (Phi) is 4.71. The van der Waals surface area contributed by atoms with Crippen LogP contribution in [0, 0.1) is 0 Å². The SMILES string of the molecule is CCC(C)c1ccc(C(N)CS(C)(=O)=O)cc1. The molecule has 0 bridgehead atoms. The summed E-state index contributed by atoms with van der Waals surface area (Å²) in [6.07, 6.45) is 2.30. The summed E-state index contributed by atoms with van der Waals surface area (Å²) in [6.45, 7) is 4.32. The highest BCUT2D eigenvalue weighted by Crippen LogP contribution is 2.21. The van der Waals surface area contributed by atoms with Gasteiger partial charge in [-0.1, -0.05) is 38.1 Å². The van der Waals surface area contributed by atoms with E-state index in [-0.39, 0.29) is 5.75 Å². The van der Waals surface area contributed by atoms with Gasteiger partial charge in [-0.2, -0.15) is 0 Å². The molecule has 0 radical (unpaired) electrons. The van der Waals surface area contributed by atoms with Gasteiger partial charge in [0, 0.05) is 12.3 Å². The Bertz CT molecular complexity index is 451. The van der Waals surface area contributed by atoms with Crippen molar-refractivity contribution in [1.29, 1.82) is 0 Å². The fraction of sp³-hybridized carbons (Fsp3) is 0.538. The molecule has 1 aromatic rings. The van der Waals surface area contributed by atoms with E-state index in [9.17, 15) is 8.42 Å². The zero-order valence-corrected chi connectivity index (χ0v) is 11.5. The van der Waals surface area contributed by atoms with Crippen LogP contribution in [0.2, 0.25) is 0 Å². The quantitative estimate of drug-likeness (QED) is 0.877. The van der Waals surface area contributed by atoms with E-state index in [0.717, 1.165) is 12.0 Å². The molecule has 0 aliphatic rings. The van der Waals surface area contributed by atoms with Gasteiger partial charge in [0.25, 0.3) is 0 Å². The molecule has 2 unspecified atom stereocenters. The van der Waals surface area contributed by atoms with E-state index in [1.165, 1.54) is 11.8 Å². The highest BCUT2D eigenvalue weighted by Gasteiger charge is 2.13. The van der Waals surface area contributed by atoms with Gasteiger partial charge in [0.1, 0.15) is 9.84 Å². The molecule has 17 heavy (non-hydrogen) atoms. The van der Waals surface area contributed by atoms with Crippen LogP contribution < -0.4 is 5.73 Å². The highest BCUT2D eigenvalue weighted by molar-refractivity contribution is 7.90. The molecule has 0 amide bonds. The van der Waals surface area contributed by atoms with Crippen molar-refractivity contribution >= 4 is 9.84 Å². The molecule has 1 aromatic carbocycles. The minimum absolute atomic E-state index is 0.00429. The molecule has 0 aromatic heterocycles. The summed E-state index contributed by atoms with van der Waals surface area (Å²) in [7, 11) is -3.03. The second-order valence-electron chi connectivity index (χ2n) is 4.67. The maximum Gasteiger partial charge on any atom is 0.149 e. The number of rotatable bonds is 5. The Labute approximate surface area is 104 Å². The van der Waals surface area contributed by atoms with Gasteiger partial charge in [-0.25, -0.2) is 8.42 Å². The number of nitrogens with two attached hydrogens (primary N) is 1. The van der Waals surface area contributed by atoms with Crippen LogP contribution in [0.15, 0.2) is 24.3 Å². The van der Waals surface area contributed by atoms with Crippen molar-refractivity contribution in [3.8, 4) is 0 Å². The first-order chi connectivity index (χ1) is 7.83. The van der Waals surface area contributed by atoms with E-state index < -0.39 is 15.9 Å². The van der Waals surface area contributed by atoms with Crippen LogP contribution in [0.5, 0.6) is 0 Å². The first kappa shape index (κ1) is 14.2. The summed E-state index contributed by atoms with van der Waals surface area (Å²) in [6, 6.07) is 7.49. The number of sulfone groups is 1. The number of benzene rings is 1. The Morgan fingerprint density at radius 2 is 1.65 bits per heavy atom. The summed E-state index contributed by atoms with van der Waals surface area (Å²) in [5.74, 6) is 0.519. The van der Waals surface area contributed by atoms with Gasteiger partial charge in [-0.3, -0.25) is 0 Å². The molecule has 4 heteroatoms. The van der Waals surface area contributed by atoms with Crippen LogP contribution in [0.3, 0.4) is 0 Å². The van der Waals surface area contributed by atoms with Crippen LogP contribution in [0.4, 0.5) is 0 Å². The van der Waals surface area contributed by atoms with Crippen molar-refractivity contribution in [3.63, 3.8) is 0 Å². The maximum atomic E-state index is 11.2. The molecule has 0 heterocycles. The normalized spacial score (nSPS) is 15.5. The molecular formula is C13H21NO2S. The minimum Gasteiger partial charge on any atom is -0.323 e. The third-order valence-electron chi connectivity index (χ3n) is 3.03. The molecule has 0 saturated heterocycles. The number of hydrogen-bond acceptors (Lipinski definition) is 3. The standard InChI is InChI=1S/C13H21NO2S/c1-4-10(2)11-5-7-12(8-6-11)13(14)9-17(3,15)16/h5-8,10,13H,4,9,14H2,1-3H3. The monoisotopic (exact) mass is 255 g/mol. The van der Waals surface area contributed by atoms with Gasteiger partial charge in [0.2, 0.25) is 0 Å². The van der Waals surface area contributed by atoms with E-state index in [2.05, 4.69) is 13.8 Å². The first-order valence-electron chi connectivity index (χ1n) is 5.86. The lowest BCUT2D eigenvalue weighted by atomic mass is 9.96. The summed E-state index contributed by atoms with van der Waals surface area (Å²) >= 11 is 0. The van der Waals surface area contributed by atoms with Crippen LogP contribution in [0.1, 0.15) is 43.4 Å². The van der Waals surface area contributed by atoms with E-state index in [1.54, 1.807) is 0 Å². The second kappa shape index (κ2) is 5.65. The van der Waals surface area contributed by atoms with Gasteiger partial charge in [-0.05, 0) is 23.5 Å². The molecule has 0 fully saturated rings. The molecule has 2 N–H and O–H groups in total. The summed E-state index contributed by atoms with van der Waals surface area (Å²) < 4.78 is 22.3. The molecular weight excluding hydrogens is 234 g/mol. The van der Waals surface area contributed by atoms with Crippen LogP contribution in [0.25, 0.3) is 0 Å². The zero-order chi connectivity index (χ0) is 13.1. The Balaban J connectivity index is 2.80. The predicted molar refractivity (Wildman–Crippen MR) is 71.8 cm³/mol. The molecule has 0 spiro atoms. The Morgan fingerprint density at radius 3 is 2.06 bits per heavy atom. The summed E-state index contributed by atoms with van der Waals surface area (Å²) in [4.78, 5) is 0. The maximum absolute atomic E-state index is 11.2. The Hall–Kier alpha value is -0.870. The molecule has 0 aliphatic heterocycles. The van der Waals surface area contributed by atoms with Crippen molar-refractivity contribution in [1.82, 2.24) is 0 Å². The van der Waals surface area contributed by atoms with Crippen molar-refractivity contribution in [3.05, 3.63) is 35.4 Å². The van der Waals surface area contributed by atoms with E-state index in [1.807, 2.05) is 24.3 Å². The topological polar surface area (TPSA) is 60.2 Å². The molecule has 96 valence electrons. The molecule has 0 aliphatic carbocycles. The van der Waals surface area contributed by atoms with Gasteiger partial charge in [0.05, 0.1) is 5.75 Å². The Morgan fingerprint density at radius 1 is 1.18 bits per heavy atom. The van der Waals surface area contributed by atoms with Gasteiger partial charge < -0.3 is 5.73 Å². The average molecular weight is 255 g/mol. The third kappa shape index (κ3) is 4.48. The van der Waals surface area contributed by atoms with E-state index >= 15 is 0 Å². The van der Waals surface area contributed by atoms with Crippen LogP contribution in [-0.4, -0.2) is 20.4 Å². The second-order valence-corrected chi connectivity index (χ2v) is 6.86. The third-order valence-corrected chi connectivity index (χ3v) is 3.99. The van der Waals surface area contributed by atoms with E-state index in [4.69, 9.17) is 5.73 Å². The molecule has 2 atom stereocenters. The fourth-order valence-corrected chi connectivity index (χ4v) is 2.57. The lowest BCUT2D eigenvalue weighted by Gasteiger charge is -2.13. The lowest BCUT2D eigenvalue weighted by Crippen LogP contribution is -2.20. The van der Waals surface area contributed by atoms with Gasteiger partial charge in [-0.15, -0.1) is 0 Å². The van der Waals surface area contributed by atoms with Crippen molar-refractivity contribution in [2.45, 2.75) is 32.2 Å². The van der Waals surface area contributed by atoms with Crippen molar-refractivity contribution in [2.24, 2.45) is 5.73 Å². The lowest BCUT2D eigenvalue weighted by molar-refractivity contribution is 0.594. The van der Waals surface area contributed by atoms with Crippen molar-refractivity contribution in [2.75, 3.05) is 12.0 Å². The van der Waals surface area contributed by atoms with Crippen LogP contribution in [-0.2, 0) is 9.84 Å². The van der Waals surface area contributed by atoms with E-state index in [0.29, 0.717) is 5.92 Å². The van der Waals surface area contributed by atoms with Gasteiger partial charge in [0.15, 0.2) is 0 Å². The summed E-state index contributed by atoms with van der Waals surface area (Å²) in [5, 5.41) is 0. The highest BCUT2D eigenvalue weighted by atomic mass is 32.2. The van der Waals surface area contributed by atoms with Gasteiger partial charge >= 0.3 is 0 Å². The average Bonchev–Trinajstić information content (AvgIpc) is 2.26.